The van der Waals surface area contributed by atoms with Crippen molar-refractivity contribution in [1.82, 2.24) is 15.1 Å². The number of guanidine groups is 1. The van der Waals surface area contributed by atoms with Crippen molar-refractivity contribution in [2.24, 2.45) is 10.7 Å². The summed E-state index contributed by atoms with van der Waals surface area (Å²) >= 11 is 0. The van der Waals surface area contributed by atoms with Crippen LogP contribution in [0.4, 0.5) is 0 Å². The van der Waals surface area contributed by atoms with Crippen LogP contribution in [0.25, 0.3) is 0 Å². The quantitative estimate of drug-likeness (QED) is 0.479. The Kier molecular flexibility index (Phi) is 3.83. The summed E-state index contributed by atoms with van der Waals surface area (Å²) in [6.45, 7) is 3.58. The number of nitrogens with zero attached hydrogens (tertiary/aromatic N) is 3. The molecule has 1 saturated heterocycles. The fraction of sp³-hybridized carbons (Fsp3) is 0.818. The molecular formula is C11H21N5O. The molecule has 1 aliphatic heterocycles. The Balaban J connectivity index is 1.70. The zero-order valence-electron chi connectivity index (χ0n) is 10.4. The molecule has 0 bridgehead atoms. The summed E-state index contributed by atoms with van der Waals surface area (Å²) in [7, 11) is 1.99. The third-order valence-corrected chi connectivity index (χ3v) is 3.26. The van der Waals surface area contributed by atoms with E-state index in [9.17, 15) is 4.79 Å². The molecule has 1 amide bonds. The molecule has 1 heterocycles. The van der Waals surface area contributed by atoms with Crippen LogP contribution < -0.4 is 11.1 Å². The van der Waals surface area contributed by atoms with E-state index in [0.29, 0.717) is 25.1 Å². The first-order valence-corrected chi connectivity index (χ1v) is 6.18. The summed E-state index contributed by atoms with van der Waals surface area (Å²) in [6.07, 6.45) is 2.44. The Bertz CT molecular complexity index is 313. The molecule has 2 rings (SSSR count). The summed E-state index contributed by atoms with van der Waals surface area (Å²) in [6, 6.07) is 0.597. The highest BCUT2D eigenvalue weighted by molar-refractivity contribution is 5.79. The van der Waals surface area contributed by atoms with E-state index in [0.717, 1.165) is 19.6 Å². The Labute approximate surface area is 102 Å². The maximum atomic E-state index is 11.2. The third-order valence-electron chi connectivity index (χ3n) is 3.26. The first kappa shape index (κ1) is 12.2. The van der Waals surface area contributed by atoms with E-state index in [-0.39, 0.29) is 5.91 Å². The van der Waals surface area contributed by atoms with Crippen molar-refractivity contribution in [3.63, 3.8) is 0 Å². The number of hydrogen-bond donors (Lipinski definition) is 2. The zero-order chi connectivity index (χ0) is 12.3. The number of carbonyl (C=O) groups is 1. The fourth-order valence-corrected chi connectivity index (χ4v) is 1.95. The standard InChI is InChI=1S/C11H21N5O/c1-15(9-2-3-9)11(12)14-5-7-16-6-4-13-10(17)8-16/h9H,2-8H2,1H3,(H2,12,14)(H,13,17). The number of amides is 1. The maximum absolute atomic E-state index is 11.2. The van der Waals surface area contributed by atoms with E-state index in [1.165, 1.54) is 12.8 Å². The first-order valence-electron chi connectivity index (χ1n) is 6.18. The lowest BCUT2D eigenvalue weighted by atomic mass is 10.3. The number of aliphatic imine (C=N–C) groups is 1. The lowest BCUT2D eigenvalue weighted by Crippen LogP contribution is -2.48. The monoisotopic (exact) mass is 239 g/mol. The highest BCUT2D eigenvalue weighted by atomic mass is 16.2. The van der Waals surface area contributed by atoms with Crippen LogP contribution in [0.5, 0.6) is 0 Å². The smallest absolute Gasteiger partial charge is 0.234 e. The number of piperazine rings is 1. The van der Waals surface area contributed by atoms with E-state index in [4.69, 9.17) is 5.73 Å². The van der Waals surface area contributed by atoms with Gasteiger partial charge in [-0.15, -0.1) is 0 Å². The van der Waals surface area contributed by atoms with Crippen LogP contribution >= 0.6 is 0 Å². The van der Waals surface area contributed by atoms with Gasteiger partial charge in [0.15, 0.2) is 5.96 Å². The normalized spacial score (nSPS) is 22.4. The van der Waals surface area contributed by atoms with Crippen LogP contribution in [0.2, 0.25) is 0 Å². The Morgan fingerprint density at radius 2 is 2.41 bits per heavy atom. The average molecular weight is 239 g/mol. The van der Waals surface area contributed by atoms with Gasteiger partial charge in [-0.05, 0) is 12.8 Å². The molecule has 1 aliphatic carbocycles. The molecular weight excluding hydrogens is 218 g/mol. The summed E-state index contributed by atoms with van der Waals surface area (Å²) in [5.74, 6) is 0.720. The predicted octanol–water partition coefficient (Wildman–Crippen LogP) is -1.17. The lowest BCUT2D eigenvalue weighted by Gasteiger charge is -2.25. The van der Waals surface area contributed by atoms with Gasteiger partial charge in [0.1, 0.15) is 0 Å². The van der Waals surface area contributed by atoms with Gasteiger partial charge < -0.3 is 16.0 Å². The Morgan fingerprint density at radius 3 is 3.06 bits per heavy atom. The number of rotatable bonds is 4. The summed E-state index contributed by atoms with van der Waals surface area (Å²) in [5, 5.41) is 2.80. The average Bonchev–Trinajstić information content (AvgIpc) is 3.12. The molecule has 0 spiro atoms. The second-order valence-corrected chi connectivity index (χ2v) is 4.71. The van der Waals surface area contributed by atoms with Crippen molar-refractivity contribution in [2.45, 2.75) is 18.9 Å². The van der Waals surface area contributed by atoms with Gasteiger partial charge in [-0.2, -0.15) is 0 Å². The van der Waals surface area contributed by atoms with Crippen molar-refractivity contribution < 1.29 is 4.79 Å². The number of carbonyl (C=O) groups excluding carboxylic acids is 1. The van der Waals surface area contributed by atoms with Crippen molar-refractivity contribution >= 4 is 11.9 Å². The lowest BCUT2D eigenvalue weighted by molar-refractivity contribution is -0.124. The van der Waals surface area contributed by atoms with Crippen molar-refractivity contribution in [3.05, 3.63) is 0 Å². The van der Waals surface area contributed by atoms with E-state index < -0.39 is 0 Å². The van der Waals surface area contributed by atoms with E-state index in [1.54, 1.807) is 0 Å². The molecule has 0 aromatic rings. The molecule has 0 aromatic heterocycles. The minimum absolute atomic E-state index is 0.100. The molecule has 0 aromatic carbocycles. The molecule has 0 unspecified atom stereocenters. The molecule has 96 valence electrons. The molecule has 0 radical (unpaired) electrons. The molecule has 6 heteroatoms. The van der Waals surface area contributed by atoms with Gasteiger partial charge >= 0.3 is 0 Å². The van der Waals surface area contributed by atoms with Crippen molar-refractivity contribution in [2.75, 3.05) is 39.8 Å². The molecule has 17 heavy (non-hydrogen) atoms. The van der Waals surface area contributed by atoms with Crippen LogP contribution in [0.3, 0.4) is 0 Å². The van der Waals surface area contributed by atoms with Crippen molar-refractivity contribution in [1.29, 1.82) is 0 Å². The third kappa shape index (κ3) is 3.59. The number of nitrogens with one attached hydrogen (secondary N) is 1. The van der Waals surface area contributed by atoms with Crippen molar-refractivity contribution in [3.8, 4) is 0 Å². The SMILES string of the molecule is CN(C(N)=NCCN1CCNC(=O)C1)C1CC1. The predicted molar refractivity (Wildman–Crippen MR) is 66.7 cm³/mol. The summed E-state index contributed by atoms with van der Waals surface area (Å²) in [4.78, 5) is 19.7. The zero-order valence-corrected chi connectivity index (χ0v) is 10.4. The molecule has 3 N–H and O–H groups in total. The van der Waals surface area contributed by atoms with Crippen LogP contribution in [0.1, 0.15) is 12.8 Å². The molecule has 6 nitrogen and oxygen atoms in total. The first-order chi connectivity index (χ1) is 8.16. The molecule has 1 saturated carbocycles. The largest absolute Gasteiger partial charge is 0.370 e. The van der Waals surface area contributed by atoms with E-state index in [2.05, 4.69) is 15.2 Å². The van der Waals surface area contributed by atoms with Crippen LogP contribution in [0.15, 0.2) is 4.99 Å². The van der Waals surface area contributed by atoms with Gasteiger partial charge in [0.2, 0.25) is 5.91 Å². The van der Waals surface area contributed by atoms with E-state index >= 15 is 0 Å². The van der Waals surface area contributed by atoms with Gasteiger partial charge in [-0.25, -0.2) is 0 Å². The van der Waals surface area contributed by atoms with Gasteiger partial charge in [0.25, 0.3) is 0 Å². The van der Waals surface area contributed by atoms with Gasteiger partial charge in [0, 0.05) is 32.7 Å². The highest BCUT2D eigenvalue weighted by Crippen LogP contribution is 2.24. The minimum Gasteiger partial charge on any atom is -0.370 e. The molecule has 2 fully saturated rings. The highest BCUT2D eigenvalue weighted by Gasteiger charge is 2.27. The Hall–Kier alpha value is -1.30. The summed E-state index contributed by atoms with van der Waals surface area (Å²) in [5.41, 5.74) is 5.88. The van der Waals surface area contributed by atoms with Crippen LogP contribution in [-0.2, 0) is 4.79 Å². The topological polar surface area (TPSA) is 74.0 Å². The summed E-state index contributed by atoms with van der Waals surface area (Å²) < 4.78 is 0. The number of nitrogens with two attached hydrogens (primary N) is 1. The second kappa shape index (κ2) is 5.35. The van der Waals surface area contributed by atoms with E-state index in [1.807, 2.05) is 11.9 Å². The molecule has 0 atom stereocenters. The maximum Gasteiger partial charge on any atom is 0.234 e. The Morgan fingerprint density at radius 1 is 1.65 bits per heavy atom. The molecule has 2 aliphatic rings. The van der Waals surface area contributed by atoms with Gasteiger partial charge in [0.05, 0.1) is 13.1 Å². The van der Waals surface area contributed by atoms with Crippen LogP contribution in [-0.4, -0.2) is 67.5 Å². The minimum atomic E-state index is 0.100. The fourth-order valence-electron chi connectivity index (χ4n) is 1.95. The second-order valence-electron chi connectivity index (χ2n) is 4.71. The van der Waals surface area contributed by atoms with Gasteiger partial charge in [-0.3, -0.25) is 14.7 Å². The van der Waals surface area contributed by atoms with Gasteiger partial charge in [-0.1, -0.05) is 0 Å². The van der Waals surface area contributed by atoms with Crippen LogP contribution in [0, 0.1) is 0 Å². The number of hydrogen-bond acceptors (Lipinski definition) is 3.